The molecule has 2 aromatic rings. The maximum absolute atomic E-state index is 11.6. The summed E-state index contributed by atoms with van der Waals surface area (Å²) in [6.07, 6.45) is 0.00813. The third-order valence-corrected chi connectivity index (χ3v) is 6.09. The number of rotatable bonds is 7. The number of carbonyl (C=O) groups excluding carboxylic acids is 1. The van der Waals surface area contributed by atoms with Gasteiger partial charge < -0.3 is 25.2 Å². The zero-order valence-corrected chi connectivity index (χ0v) is 21.6. The molecule has 10 heteroatoms. The van der Waals surface area contributed by atoms with Crippen LogP contribution in [-0.2, 0) is 22.6 Å². The van der Waals surface area contributed by atoms with Crippen LogP contribution < -0.4 is 15.5 Å². The first kappa shape index (κ1) is 25.3. The molecule has 170 valence electrons. The SMILES string of the molecule is CN=C(NCc1ccc(N2CCNC(=O)C2)cc1)N(C)Cc1csc(C(C)OC)n1.I. The van der Waals surface area contributed by atoms with Gasteiger partial charge in [0.05, 0.1) is 18.8 Å². The van der Waals surface area contributed by atoms with Crippen LogP contribution in [0.5, 0.6) is 0 Å². The Morgan fingerprint density at radius 3 is 2.81 bits per heavy atom. The minimum Gasteiger partial charge on any atom is -0.375 e. The summed E-state index contributed by atoms with van der Waals surface area (Å²) in [6.45, 7) is 5.27. The first-order chi connectivity index (χ1) is 14.5. The van der Waals surface area contributed by atoms with E-state index in [9.17, 15) is 4.79 Å². The van der Waals surface area contributed by atoms with Gasteiger partial charge in [0.1, 0.15) is 11.1 Å². The van der Waals surface area contributed by atoms with Crippen molar-refractivity contribution in [2.45, 2.75) is 26.1 Å². The number of carbonyl (C=O) groups is 1. The van der Waals surface area contributed by atoms with E-state index in [-0.39, 0.29) is 36.0 Å². The summed E-state index contributed by atoms with van der Waals surface area (Å²) in [6, 6.07) is 8.30. The van der Waals surface area contributed by atoms with Crippen LogP contribution in [-0.4, -0.2) is 62.6 Å². The highest BCUT2D eigenvalue weighted by Crippen LogP contribution is 2.21. The highest BCUT2D eigenvalue weighted by Gasteiger charge is 2.16. The maximum atomic E-state index is 11.6. The number of nitrogens with one attached hydrogen (secondary N) is 2. The van der Waals surface area contributed by atoms with E-state index in [0.717, 1.165) is 34.5 Å². The Hall–Kier alpha value is -1.92. The standard InChI is InChI=1S/C21H30N6O2S.HI/c1-15(29-4)20-25-17(14-30-20)12-26(3)21(22-2)24-11-16-5-7-18(8-6-16)27-10-9-23-19(28)13-27;/h5-8,14-15H,9-13H2,1-4H3,(H,22,24)(H,23,28);1H. The molecule has 2 heterocycles. The predicted molar refractivity (Wildman–Crippen MR) is 136 cm³/mol. The topological polar surface area (TPSA) is 82.1 Å². The lowest BCUT2D eigenvalue weighted by Crippen LogP contribution is -2.47. The Morgan fingerprint density at radius 2 is 2.16 bits per heavy atom. The number of methoxy groups -OCH3 is 1. The Labute approximate surface area is 205 Å². The van der Waals surface area contributed by atoms with Crippen LogP contribution in [0.3, 0.4) is 0 Å². The molecule has 1 atom stereocenters. The van der Waals surface area contributed by atoms with Crippen molar-refractivity contribution in [2.75, 3.05) is 45.7 Å². The summed E-state index contributed by atoms with van der Waals surface area (Å²) >= 11 is 1.61. The molecule has 2 N–H and O–H groups in total. The summed E-state index contributed by atoms with van der Waals surface area (Å²) < 4.78 is 5.34. The van der Waals surface area contributed by atoms with E-state index < -0.39 is 0 Å². The Morgan fingerprint density at radius 1 is 1.42 bits per heavy atom. The van der Waals surface area contributed by atoms with Crippen molar-refractivity contribution in [2.24, 2.45) is 4.99 Å². The van der Waals surface area contributed by atoms with Gasteiger partial charge in [-0.3, -0.25) is 9.79 Å². The van der Waals surface area contributed by atoms with Gasteiger partial charge in [-0.05, 0) is 24.6 Å². The molecule has 1 amide bonds. The number of hydrogen-bond donors (Lipinski definition) is 2. The molecule has 1 unspecified atom stereocenters. The number of nitrogens with zero attached hydrogens (tertiary/aromatic N) is 4. The molecule has 1 aliphatic heterocycles. The molecule has 8 nitrogen and oxygen atoms in total. The summed E-state index contributed by atoms with van der Waals surface area (Å²) in [5, 5.41) is 9.30. The fourth-order valence-electron chi connectivity index (χ4n) is 3.25. The molecular formula is C21H31IN6O2S. The number of thiazole rings is 1. The van der Waals surface area contributed by atoms with Gasteiger partial charge in [-0.25, -0.2) is 4.98 Å². The van der Waals surface area contributed by atoms with Gasteiger partial charge in [0.2, 0.25) is 5.91 Å². The largest absolute Gasteiger partial charge is 0.375 e. The number of halogens is 1. The molecule has 31 heavy (non-hydrogen) atoms. The minimum atomic E-state index is 0. The lowest BCUT2D eigenvalue weighted by molar-refractivity contribution is -0.120. The molecule has 0 spiro atoms. The normalized spacial score (nSPS) is 15.2. The maximum Gasteiger partial charge on any atom is 0.239 e. The van der Waals surface area contributed by atoms with Crippen LogP contribution in [0.2, 0.25) is 0 Å². The number of benzene rings is 1. The number of hydrogen-bond acceptors (Lipinski definition) is 6. The number of guanidine groups is 1. The van der Waals surface area contributed by atoms with Crippen molar-refractivity contribution < 1.29 is 9.53 Å². The summed E-state index contributed by atoms with van der Waals surface area (Å²) in [7, 11) is 5.47. The second-order valence-electron chi connectivity index (χ2n) is 7.25. The molecule has 0 saturated carbocycles. The first-order valence-corrected chi connectivity index (χ1v) is 10.9. The summed E-state index contributed by atoms with van der Waals surface area (Å²) in [4.78, 5) is 24.8. The Balaban J connectivity index is 0.00000341. The molecule has 1 saturated heterocycles. The van der Waals surface area contributed by atoms with Crippen molar-refractivity contribution >= 4 is 52.9 Å². The quantitative estimate of drug-likeness (QED) is 0.309. The second kappa shape index (κ2) is 12.2. The number of ether oxygens (including phenoxy) is 1. The van der Waals surface area contributed by atoms with Gasteiger partial charge in [0.25, 0.3) is 0 Å². The summed E-state index contributed by atoms with van der Waals surface area (Å²) in [5.41, 5.74) is 3.22. The van der Waals surface area contributed by atoms with E-state index in [0.29, 0.717) is 26.2 Å². The molecule has 0 radical (unpaired) electrons. The highest BCUT2D eigenvalue weighted by atomic mass is 127. The van der Waals surface area contributed by atoms with Crippen molar-refractivity contribution in [1.29, 1.82) is 0 Å². The zero-order chi connectivity index (χ0) is 21.5. The van der Waals surface area contributed by atoms with Gasteiger partial charge in [-0.2, -0.15) is 0 Å². The van der Waals surface area contributed by atoms with Crippen LogP contribution in [0.4, 0.5) is 5.69 Å². The van der Waals surface area contributed by atoms with Crippen LogP contribution in [0.15, 0.2) is 34.6 Å². The third kappa shape index (κ3) is 7.04. The van der Waals surface area contributed by atoms with Gasteiger partial charge >= 0.3 is 0 Å². The molecule has 3 rings (SSSR count). The number of aromatic nitrogens is 1. The first-order valence-electron chi connectivity index (χ1n) is 9.99. The fraction of sp³-hybridized carbons (Fsp3) is 0.476. The predicted octanol–water partition coefficient (Wildman–Crippen LogP) is 2.61. The number of aliphatic imine (C=N–C) groups is 1. The average molecular weight is 558 g/mol. The average Bonchev–Trinajstić information content (AvgIpc) is 3.22. The lowest BCUT2D eigenvalue weighted by Gasteiger charge is -2.28. The molecule has 1 aliphatic rings. The van der Waals surface area contributed by atoms with Crippen molar-refractivity contribution in [3.63, 3.8) is 0 Å². The molecule has 1 aromatic heterocycles. The molecule has 1 aromatic carbocycles. The van der Waals surface area contributed by atoms with Crippen molar-refractivity contribution in [1.82, 2.24) is 20.5 Å². The van der Waals surface area contributed by atoms with Crippen LogP contribution in [0.1, 0.15) is 29.3 Å². The molecule has 0 aliphatic carbocycles. The van der Waals surface area contributed by atoms with Crippen LogP contribution >= 0.6 is 35.3 Å². The molecule has 0 bridgehead atoms. The lowest BCUT2D eigenvalue weighted by atomic mass is 10.2. The number of anilines is 1. The Bertz CT molecular complexity index is 873. The number of amides is 1. The zero-order valence-electron chi connectivity index (χ0n) is 18.4. The highest BCUT2D eigenvalue weighted by molar-refractivity contribution is 14.0. The van der Waals surface area contributed by atoms with E-state index >= 15 is 0 Å². The Kier molecular flexibility index (Phi) is 9.97. The van der Waals surface area contributed by atoms with Crippen molar-refractivity contribution in [3.8, 4) is 0 Å². The van der Waals surface area contributed by atoms with Crippen LogP contribution in [0.25, 0.3) is 0 Å². The van der Waals surface area contributed by atoms with Gasteiger partial charge in [0.15, 0.2) is 5.96 Å². The molecule has 1 fully saturated rings. The minimum absolute atomic E-state index is 0. The third-order valence-electron chi connectivity index (χ3n) is 5.03. The van der Waals surface area contributed by atoms with E-state index in [2.05, 4.69) is 60.1 Å². The van der Waals surface area contributed by atoms with E-state index in [1.165, 1.54) is 0 Å². The van der Waals surface area contributed by atoms with E-state index in [4.69, 9.17) is 4.74 Å². The van der Waals surface area contributed by atoms with E-state index in [1.807, 2.05) is 14.0 Å². The van der Waals surface area contributed by atoms with Crippen LogP contribution in [0, 0.1) is 0 Å². The monoisotopic (exact) mass is 558 g/mol. The smallest absolute Gasteiger partial charge is 0.239 e. The number of piperazine rings is 1. The molecular weight excluding hydrogens is 527 g/mol. The van der Waals surface area contributed by atoms with Gasteiger partial charge in [-0.15, -0.1) is 35.3 Å². The summed E-state index contributed by atoms with van der Waals surface area (Å²) in [5.74, 6) is 0.879. The van der Waals surface area contributed by atoms with E-state index in [1.54, 1.807) is 25.5 Å². The van der Waals surface area contributed by atoms with Gasteiger partial charge in [-0.1, -0.05) is 12.1 Å². The van der Waals surface area contributed by atoms with Gasteiger partial charge in [0, 0.05) is 51.9 Å². The van der Waals surface area contributed by atoms with Crippen molar-refractivity contribution in [3.05, 3.63) is 45.9 Å². The fourth-order valence-corrected chi connectivity index (χ4v) is 4.09. The second-order valence-corrected chi connectivity index (χ2v) is 8.14.